The minimum Gasteiger partial charge on any atom is -0.394 e. The van der Waals surface area contributed by atoms with E-state index in [2.05, 4.69) is 5.32 Å². The fourth-order valence-corrected chi connectivity index (χ4v) is 1.06. The Morgan fingerprint density at radius 1 is 1.89 bits per heavy atom. The minimum atomic E-state index is 0.00694. The molecule has 1 amide bonds. The second-order valence-electron chi connectivity index (χ2n) is 2.52. The van der Waals surface area contributed by atoms with Gasteiger partial charge in [-0.05, 0) is 6.42 Å². The number of aliphatic hydroxyl groups excluding tert-OH is 1. The highest BCUT2D eigenvalue weighted by Crippen LogP contribution is 2.12. The number of carbonyl (C=O) groups excluding carboxylic acids is 1. The first kappa shape index (κ1) is 6.55. The molecule has 2 atom stereocenters. The molecule has 0 unspecified atom stereocenters. The lowest BCUT2D eigenvalue weighted by molar-refractivity contribution is -0.122. The van der Waals surface area contributed by atoms with E-state index in [0.29, 0.717) is 0 Å². The van der Waals surface area contributed by atoms with E-state index in [9.17, 15) is 4.79 Å². The molecule has 1 aliphatic rings. The normalized spacial score (nSPS) is 34.7. The van der Waals surface area contributed by atoms with Gasteiger partial charge in [-0.2, -0.15) is 0 Å². The van der Waals surface area contributed by atoms with Crippen LogP contribution in [0.5, 0.6) is 0 Å². The Kier molecular flexibility index (Phi) is 1.71. The molecule has 3 heteroatoms. The standard InChI is InChI=1S/C6H11NO2/c1-4-2-5(3-8)7-6(4)9/h4-5,8H,2-3H2,1H3,(H,7,9)/t4-,5+/m0/s1. The average Bonchev–Trinajstić information content (AvgIpc) is 2.13. The van der Waals surface area contributed by atoms with Gasteiger partial charge in [0.25, 0.3) is 0 Å². The first-order valence-electron chi connectivity index (χ1n) is 3.15. The van der Waals surface area contributed by atoms with E-state index < -0.39 is 0 Å². The third kappa shape index (κ3) is 1.21. The Morgan fingerprint density at radius 3 is 2.78 bits per heavy atom. The van der Waals surface area contributed by atoms with Crippen LogP contribution >= 0.6 is 0 Å². The summed E-state index contributed by atoms with van der Waals surface area (Å²) in [5.41, 5.74) is 0. The van der Waals surface area contributed by atoms with Crippen LogP contribution in [0, 0.1) is 5.92 Å². The van der Waals surface area contributed by atoms with Crippen LogP contribution in [0.25, 0.3) is 0 Å². The molecule has 0 aromatic carbocycles. The number of rotatable bonds is 1. The summed E-state index contributed by atoms with van der Waals surface area (Å²) < 4.78 is 0. The molecule has 0 saturated carbocycles. The van der Waals surface area contributed by atoms with Gasteiger partial charge in [-0.1, -0.05) is 6.92 Å². The largest absolute Gasteiger partial charge is 0.394 e. The lowest BCUT2D eigenvalue weighted by Crippen LogP contribution is -2.28. The Bertz CT molecular complexity index is 124. The zero-order valence-corrected chi connectivity index (χ0v) is 5.42. The second kappa shape index (κ2) is 2.35. The fourth-order valence-electron chi connectivity index (χ4n) is 1.06. The van der Waals surface area contributed by atoms with Crippen molar-refractivity contribution >= 4 is 5.91 Å². The van der Waals surface area contributed by atoms with Gasteiger partial charge in [0.05, 0.1) is 12.6 Å². The molecule has 0 aromatic rings. The summed E-state index contributed by atoms with van der Waals surface area (Å²) in [6, 6.07) is 0.00694. The van der Waals surface area contributed by atoms with E-state index in [1.54, 1.807) is 0 Å². The van der Waals surface area contributed by atoms with Crippen LogP contribution in [0.3, 0.4) is 0 Å². The van der Waals surface area contributed by atoms with E-state index in [1.165, 1.54) is 0 Å². The summed E-state index contributed by atoms with van der Waals surface area (Å²) in [4.78, 5) is 10.7. The lowest BCUT2D eigenvalue weighted by atomic mass is 10.1. The highest BCUT2D eigenvalue weighted by molar-refractivity contribution is 5.80. The van der Waals surface area contributed by atoms with Gasteiger partial charge in [0.1, 0.15) is 0 Å². The minimum absolute atomic E-state index is 0.00694. The SMILES string of the molecule is C[C@H]1C[C@H](CO)NC1=O. The molecule has 0 radical (unpaired) electrons. The molecule has 1 heterocycles. The number of aliphatic hydroxyl groups is 1. The first-order valence-corrected chi connectivity index (χ1v) is 3.15. The third-order valence-electron chi connectivity index (χ3n) is 1.65. The molecule has 0 bridgehead atoms. The van der Waals surface area contributed by atoms with Crippen molar-refractivity contribution < 1.29 is 9.90 Å². The van der Waals surface area contributed by atoms with Gasteiger partial charge < -0.3 is 10.4 Å². The van der Waals surface area contributed by atoms with Gasteiger partial charge in [-0.15, -0.1) is 0 Å². The van der Waals surface area contributed by atoms with Crippen LogP contribution < -0.4 is 5.32 Å². The van der Waals surface area contributed by atoms with Gasteiger partial charge >= 0.3 is 0 Å². The monoisotopic (exact) mass is 129 g/mol. The Morgan fingerprint density at radius 2 is 2.56 bits per heavy atom. The summed E-state index contributed by atoms with van der Waals surface area (Å²) in [5.74, 6) is 0.149. The molecule has 1 saturated heterocycles. The molecular weight excluding hydrogens is 118 g/mol. The first-order chi connectivity index (χ1) is 4.24. The summed E-state index contributed by atoms with van der Waals surface area (Å²) in [5, 5.41) is 11.3. The maximum Gasteiger partial charge on any atom is 0.223 e. The number of hydrogen-bond donors (Lipinski definition) is 2. The zero-order chi connectivity index (χ0) is 6.85. The number of nitrogens with one attached hydrogen (secondary N) is 1. The van der Waals surface area contributed by atoms with Crippen LogP contribution in [-0.4, -0.2) is 23.7 Å². The topological polar surface area (TPSA) is 49.3 Å². The lowest BCUT2D eigenvalue weighted by Gasteiger charge is -2.01. The number of carbonyl (C=O) groups is 1. The Labute approximate surface area is 54.1 Å². The second-order valence-corrected chi connectivity index (χ2v) is 2.52. The molecule has 0 aromatic heterocycles. The average molecular weight is 129 g/mol. The number of hydrogen-bond acceptors (Lipinski definition) is 2. The van der Waals surface area contributed by atoms with Crippen LogP contribution in [0.4, 0.5) is 0 Å². The van der Waals surface area contributed by atoms with Gasteiger partial charge in [0.15, 0.2) is 0 Å². The predicted octanol–water partition coefficient (Wildman–Crippen LogP) is -0.497. The molecule has 3 nitrogen and oxygen atoms in total. The van der Waals surface area contributed by atoms with Crippen molar-refractivity contribution in [3.63, 3.8) is 0 Å². The van der Waals surface area contributed by atoms with Crippen LogP contribution in [-0.2, 0) is 4.79 Å². The van der Waals surface area contributed by atoms with E-state index >= 15 is 0 Å². The Hall–Kier alpha value is -0.570. The van der Waals surface area contributed by atoms with Crippen LogP contribution in [0.15, 0.2) is 0 Å². The highest BCUT2D eigenvalue weighted by atomic mass is 16.3. The predicted molar refractivity (Wildman–Crippen MR) is 32.8 cm³/mol. The molecule has 1 aliphatic heterocycles. The molecule has 1 fully saturated rings. The summed E-state index contributed by atoms with van der Waals surface area (Å²) >= 11 is 0. The summed E-state index contributed by atoms with van der Waals surface area (Å²) in [6.07, 6.45) is 0.773. The quantitative estimate of drug-likeness (QED) is 0.501. The van der Waals surface area contributed by atoms with Gasteiger partial charge in [-0.3, -0.25) is 4.79 Å². The van der Waals surface area contributed by atoms with Crippen molar-refractivity contribution in [2.45, 2.75) is 19.4 Å². The van der Waals surface area contributed by atoms with Crippen molar-refractivity contribution in [1.82, 2.24) is 5.32 Å². The molecule has 0 spiro atoms. The molecule has 9 heavy (non-hydrogen) atoms. The van der Waals surface area contributed by atoms with Crippen molar-refractivity contribution in [1.29, 1.82) is 0 Å². The molecular formula is C6H11NO2. The van der Waals surface area contributed by atoms with Gasteiger partial charge in [-0.25, -0.2) is 0 Å². The zero-order valence-electron chi connectivity index (χ0n) is 5.42. The van der Waals surface area contributed by atoms with Crippen molar-refractivity contribution in [3.8, 4) is 0 Å². The third-order valence-corrected chi connectivity index (χ3v) is 1.65. The van der Waals surface area contributed by atoms with Crippen molar-refractivity contribution in [2.24, 2.45) is 5.92 Å². The maximum atomic E-state index is 10.7. The van der Waals surface area contributed by atoms with Gasteiger partial charge in [0.2, 0.25) is 5.91 Å². The summed E-state index contributed by atoms with van der Waals surface area (Å²) in [6.45, 7) is 1.93. The molecule has 0 aliphatic carbocycles. The maximum absolute atomic E-state index is 10.7. The van der Waals surface area contributed by atoms with Crippen LogP contribution in [0.1, 0.15) is 13.3 Å². The van der Waals surface area contributed by atoms with Gasteiger partial charge in [0, 0.05) is 5.92 Å². The Balaban J connectivity index is 2.44. The van der Waals surface area contributed by atoms with E-state index in [1.807, 2.05) is 6.92 Å². The number of amides is 1. The van der Waals surface area contributed by atoms with E-state index in [-0.39, 0.29) is 24.5 Å². The smallest absolute Gasteiger partial charge is 0.223 e. The molecule has 1 rings (SSSR count). The highest BCUT2D eigenvalue weighted by Gasteiger charge is 2.27. The van der Waals surface area contributed by atoms with Crippen molar-refractivity contribution in [3.05, 3.63) is 0 Å². The molecule has 2 N–H and O–H groups in total. The van der Waals surface area contributed by atoms with Crippen LogP contribution in [0.2, 0.25) is 0 Å². The van der Waals surface area contributed by atoms with Crippen molar-refractivity contribution in [2.75, 3.05) is 6.61 Å². The molecule has 52 valence electrons. The van der Waals surface area contributed by atoms with E-state index in [4.69, 9.17) is 5.11 Å². The fraction of sp³-hybridized carbons (Fsp3) is 0.833. The van der Waals surface area contributed by atoms with E-state index in [0.717, 1.165) is 6.42 Å². The summed E-state index contributed by atoms with van der Waals surface area (Å²) in [7, 11) is 0.